The van der Waals surface area contributed by atoms with Gasteiger partial charge in [0.25, 0.3) is 0 Å². The summed E-state index contributed by atoms with van der Waals surface area (Å²) in [6, 6.07) is 5.58. The first-order valence-electron chi connectivity index (χ1n) is 8.97. The molecule has 0 atom stereocenters. The highest BCUT2D eigenvalue weighted by atomic mass is 19.4. The number of halogens is 4. The highest BCUT2D eigenvalue weighted by Gasteiger charge is 2.36. The fraction of sp³-hybridized carbons (Fsp3) is 0.474. The van der Waals surface area contributed by atoms with Crippen LogP contribution >= 0.6 is 0 Å². The van der Waals surface area contributed by atoms with E-state index in [0.717, 1.165) is 25.5 Å². The number of hydrogen-bond donors (Lipinski definition) is 0. The Morgan fingerprint density at radius 2 is 1.74 bits per heavy atom. The Labute approximate surface area is 156 Å². The third-order valence-electron chi connectivity index (χ3n) is 3.98. The molecule has 2 rings (SSSR count). The Morgan fingerprint density at radius 3 is 2.33 bits per heavy atom. The number of hydrogen-bond acceptors (Lipinski definition) is 4. The van der Waals surface area contributed by atoms with Gasteiger partial charge in [-0.2, -0.15) is 18.2 Å². The molecule has 0 aliphatic carbocycles. The summed E-state index contributed by atoms with van der Waals surface area (Å²) < 4.78 is 58.2. The van der Waals surface area contributed by atoms with Crippen molar-refractivity contribution in [1.82, 2.24) is 9.97 Å². The molecule has 1 aromatic heterocycles. The second kappa shape index (κ2) is 9.53. The molecule has 0 amide bonds. The lowest BCUT2D eigenvalue weighted by molar-refractivity contribution is -0.139. The molecule has 148 valence electrons. The lowest BCUT2D eigenvalue weighted by atomic mass is 10.2. The van der Waals surface area contributed by atoms with Gasteiger partial charge in [0.05, 0.1) is 6.61 Å². The molecule has 27 heavy (non-hydrogen) atoms. The van der Waals surface area contributed by atoms with Crippen LogP contribution in [0.5, 0.6) is 5.88 Å². The lowest BCUT2D eigenvalue weighted by Gasteiger charge is -2.22. The smallest absolute Gasteiger partial charge is 0.423 e. The molecule has 0 saturated carbocycles. The van der Waals surface area contributed by atoms with Crippen LogP contribution in [0.1, 0.15) is 45.1 Å². The number of ether oxygens (including phenoxy) is 1. The van der Waals surface area contributed by atoms with Crippen molar-refractivity contribution in [3.63, 3.8) is 0 Å². The van der Waals surface area contributed by atoms with Crippen molar-refractivity contribution in [2.75, 3.05) is 18.1 Å². The summed E-state index contributed by atoms with van der Waals surface area (Å²) in [6.45, 7) is 4.40. The third-order valence-corrected chi connectivity index (χ3v) is 3.98. The minimum absolute atomic E-state index is 0.0701. The van der Waals surface area contributed by atoms with Crippen LogP contribution in [0.4, 0.5) is 29.2 Å². The van der Waals surface area contributed by atoms with E-state index in [4.69, 9.17) is 4.74 Å². The van der Waals surface area contributed by atoms with Crippen LogP contribution in [0, 0.1) is 5.82 Å². The summed E-state index contributed by atoms with van der Waals surface area (Å²) in [5.74, 6) is -0.815. The van der Waals surface area contributed by atoms with Crippen molar-refractivity contribution in [3.8, 4) is 5.88 Å². The SMILES string of the molecule is CCCCCCOc1nc(N(CC)c2ccc(F)cc2)ncc1C(F)(F)F. The van der Waals surface area contributed by atoms with Gasteiger partial charge in [0.1, 0.15) is 11.4 Å². The molecule has 0 bridgehead atoms. The average Bonchev–Trinajstić information content (AvgIpc) is 2.63. The highest BCUT2D eigenvalue weighted by Crippen LogP contribution is 2.36. The van der Waals surface area contributed by atoms with E-state index >= 15 is 0 Å². The Morgan fingerprint density at radius 1 is 1.04 bits per heavy atom. The zero-order chi connectivity index (χ0) is 19.9. The Bertz CT molecular complexity index is 720. The molecule has 0 N–H and O–H groups in total. The van der Waals surface area contributed by atoms with Gasteiger partial charge in [0.15, 0.2) is 0 Å². The number of rotatable bonds is 9. The lowest BCUT2D eigenvalue weighted by Crippen LogP contribution is -2.21. The highest BCUT2D eigenvalue weighted by molar-refractivity contribution is 5.57. The predicted molar refractivity (Wildman–Crippen MR) is 95.8 cm³/mol. The molecule has 0 fully saturated rings. The van der Waals surface area contributed by atoms with Crippen molar-refractivity contribution >= 4 is 11.6 Å². The standard InChI is InChI=1S/C19H23F4N3O/c1-3-5-6-7-12-27-17-16(19(21,22)23)13-24-18(25-17)26(4-2)15-10-8-14(20)9-11-15/h8-11,13H,3-7,12H2,1-2H3. The van der Waals surface area contributed by atoms with Crippen molar-refractivity contribution in [1.29, 1.82) is 0 Å². The number of nitrogens with zero attached hydrogens (tertiary/aromatic N) is 3. The summed E-state index contributed by atoms with van der Waals surface area (Å²) in [6.07, 6.45) is -0.320. The molecular weight excluding hydrogens is 362 g/mol. The molecule has 1 heterocycles. The van der Waals surface area contributed by atoms with Crippen LogP contribution in [0.25, 0.3) is 0 Å². The topological polar surface area (TPSA) is 38.2 Å². The van der Waals surface area contributed by atoms with Gasteiger partial charge >= 0.3 is 6.18 Å². The minimum atomic E-state index is -4.61. The maximum absolute atomic E-state index is 13.2. The fourth-order valence-corrected chi connectivity index (χ4v) is 2.55. The molecule has 0 saturated heterocycles. The molecule has 4 nitrogen and oxygen atoms in total. The molecule has 0 spiro atoms. The van der Waals surface area contributed by atoms with Crippen LogP contribution < -0.4 is 9.64 Å². The molecule has 8 heteroatoms. The van der Waals surface area contributed by atoms with Gasteiger partial charge in [-0.15, -0.1) is 0 Å². The van der Waals surface area contributed by atoms with Crippen LogP contribution in [-0.4, -0.2) is 23.1 Å². The van der Waals surface area contributed by atoms with Gasteiger partial charge in [-0.05, 0) is 37.6 Å². The van der Waals surface area contributed by atoms with Crippen molar-refractivity contribution < 1.29 is 22.3 Å². The van der Waals surface area contributed by atoms with Crippen LogP contribution in [-0.2, 0) is 6.18 Å². The molecule has 0 aliphatic rings. The van der Waals surface area contributed by atoms with Crippen LogP contribution in [0.3, 0.4) is 0 Å². The Hall–Kier alpha value is -2.38. The van der Waals surface area contributed by atoms with Crippen LogP contribution in [0.2, 0.25) is 0 Å². The van der Waals surface area contributed by atoms with E-state index < -0.39 is 23.4 Å². The van der Waals surface area contributed by atoms with E-state index in [-0.39, 0.29) is 12.6 Å². The Balaban J connectivity index is 2.28. The number of aromatic nitrogens is 2. The monoisotopic (exact) mass is 385 g/mol. The molecule has 2 aromatic rings. The summed E-state index contributed by atoms with van der Waals surface area (Å²) in [5, 5.41) is 0. The normalized spacial score (nSPS) is 11.5. The van der Waals surface area contributed by atoms with E-state index in [1.54, 1.807) is 11.8 Å². The second-order valence-corrected chi connectivity index (χ2v) is 6.02. The minimum Gasteiger partial charge on any atom is -0.477 e. The summed E-state index contributed by atoms with van der Waals surface area (Å²) in [5.41, 5.74) is -0.426. The van der Waals surface area contributed by atoms with Crippen LogP contribution in [0.15, 0.2) is 30.5 Å². The van der Waals surface area contributed by atoms with Gasteiger partial charge in [0.2, 0.25) is 11.8 Å². The number of unbranched alkanes of at least 4 members (excludes halogenated alkanes) is 3. The maximum Gasteiger partial charge on any atom is 0.423 e. The van der Waals surface area contributed by atoms with Gasteiger partial charge in [0, 0.05) is 18.4 Å². The van der Waals surface area contributed by atoms with E-state index in [0.29, 0.717) is 18.7 Å². The average molecular weight is 385 g/mol. The van der Waals surface area contributed by atoms with E-state index in [1.165, 1.54) is 24.3 Å². The van der Waals surface area contributed by atoms with Crippen molar-refractivity contribution in [2.24, 2.45) is 0 Å². The van der Waals surface area contributed by atoms with E-state index in [1.807, 2.05) is 6.92 Å². The van der Waals surface area contributed by atoms with Gasteiger partial charge in [-0.1, -0.05) is 26.2 Å². The first kappa shape index (κ1) is 20.9. The largest absolute Gasteiger partial charge is 0.477 e. The summed E-state index contributed by atoms with van der Waals surface area (Å²) in [4.78, 5) is 9.45. The fourth-order valence-electron chi connectivity index (χ4n) is 2.55. The van der Waals surface area contributed by atoms with E-state index in [9.17, 15) is 17.6 Å². The van der Waals surface area contributed by atoms with Gasteiger partial charge < -0.3 is 9.64 Å². The summed E-state index contributed by atoms with van der Waals surface area (Å²) in [7, 11) is 0. The van der Waals surface area contributed by atoms with E-state index in [2.05, 4.69) is 9.97 Å². The zero-order valence-corrected chi connectivity index (χ0v) is 15.4. The number of alkyl halides is 3. The Kier molecular flexibility index (Phi) is 7.38. The molecule has 0 aliphatic heterocycles. The predicted octanol–water partition coefficient (Wildman–Crippen LogP) is 5.75. The number of benzene rings is 1. The van der Waals surface area contributed by atoms with Crippen molar-refractivity contribution in [2.45, 2.75) is 45.7 Å². The second-order valence-electron chi connectivity index (χ2n) is 6.02. The quantitative estimate of drug-likeness (QED) is 0.407. The zero-order valence-electron chi connectivity index (χ0n) is 15.4. The molecule has 0 unspecified atom stereocenters. The van der Waals surface area contributed by atoms with Gasteiger partial charge in [-0.3, -0.25) is 0 Å². The molecule has 1 aromatic carbocycles. The van der Waals surface area contributed by atoms with Crippen molar-refractivity contribution in [3.05, 3.63) is 41.8 Å². The summed E-state index contributed by atoms with van der Waals surface area (Å²) >= 11 is 0. The molecular formula is C19H23F4N3O. The molecule has 0 radical (unpaired) electrons. The third kappa shape index (κ3) is 5.80. The first-order chi connectivity index (χ1) is 12.9. The number of anilines is 2. The maximum atomic E-state index is 13.2. The first-order valence-corrected chi connectivity index (χ1v) is 8.97. The van der Waals surface area contributed by atoms with Gasteiger partial charge in [-0.25, -0.2) is 9.37 Å².